The predicted molar refractivity (Wildman–Crippen MR) is 117 cm³/mol. The van der Waals surface area contributed by atoms with Gasteiger partial charge in [-0.25, -0.2) is 8.42 Å². The molecule has 156 valence electrons. The molecule has 2 N–H and O–H groups in total. The summed E-state index contributed by atoms with van der Waals surface area (Å²) in [5, 5.41) is 3.24. The van der Waals surface area contributed by atoms with Crippen molar-refractivity contribution in [3.8, 4) is 0 Å². The summed E-state index contributed by atoms with van der Waals surface area (Å²) in [6.45, 7) is 4.55. The van der Waals surface area contributed by atoms with E-state index in [1.165, 1.54) is 23.3 Å². The van der Waals surface area contributed by atoms with Gasteiger partial charge in [-0.15, -0.1) is 0 Å². The number of carbonyl (C=O) groups is 1. The Morgan fingerprint density at radius 1 is 1.14 bits per heavy atom. The molecular formula is C21H26ClN3O3S. The zero-order chi connectivity index (χ0) is 21.0. The number of sulfonamides is 1. The van der Waals surface area contributed by atoms with E-state index in [4.69, 9.17) is 11.6 Å². The highest BCUT2D eigenvalue weighted by Crippen LogP contribution is 2.26. The third-order valence-corrected chi connectivity index (χ3v) is 5.94. The highest BCUT2D eigenvalue weighted by Gasteiger charge is 2.24. The summed E-state index contributed by atoms with van der Waals surface area (Å²) < 4.78 is 25.3. The highest BCUT2D eigenvalue weighted by atomic mass is 35.5. The first-order chi connectivity index (χ1) is 13.7. The van der Waals surface area contributed by atoms with Crippen LogP contribution in [0.2, 0.25) is 5.02 Å². The molecule has 1 amide bonds. The fraction of sp³-hybridized carbons (Fsp3) is 0.381. The summed E-state index contributed by atoms with van der Waals surface area (Å²) >= 11 is 6.05. The van der Waals surface area contributed by atoms with Crippen molar-refractivity contribution in [2.45, 2.75) is 25.8 Å². The molecule has 2 aromatic rings. The lowest BCUT2D eigenvalue weighted by Gasteiger charge is -2.28. The molecule has 1 heterocycles. The SMILES string of the molecule is Cc1ccc(C(CNC(=O)c2ccc(Cl)c(NS(C)(=O)=O)c2)N2CCCC2)cc1. The van der Waals surface area contributed by atoms with Gasteiger partial charge in [0.15, 0.2) is 0 Å². The molecule has 0 aliphatic carbocycles. The molecule has 1 saturated heterocycles. The van der Waals surface area contributed by atoms with Crippen LogP contribution in [-0.2, 0) is 10.0 Å². The van der Waals surface area contributed by atoms with E-state index in [-0.39, 0.29) is 22.7 Å². The molecule has 1 aliphatic heterocycles. The summed E-state index contributed by atoms with van der Waals surface area (Å²) in [6.07, 6.45) is 3.36. The van der Waals surface area contributed by atoms with Crippen molar-refractivity contribution in [1.82, 2.24) is 10.2 Å². The van der Waals surface area contributed by atoms with Gasteiger partial charge >= 0.3 is 0 Å². The van der Waals surface area contributed by atoms with Gasteiger partial charge in [-0.1, -0.05) is 41.4 Å². The molecule has 1 aliphatic rings. The predicted octanol–water partition coefficient (Wildman–Crippen LogP) is 3.59. The van der Waals surface area contributed by atoms with Gasteiger partial charge in [0.25, 0.3) is 5.91 Å². The first-order valence-electron chi connectivity index (χ1n) is 9.59. The zero-order valence-corrected chi connectivity index (χ0v) is 18.2. The quantitative estimate of drug-likeness (QED) is 0.696. The molecule has 0 bridgehead atoms. The van der Waals surface area contributed by atoms with Crippen LogP contribution in [0.5, 0.6) is 0 Å². The van der Waals surface area contributed by atoms with Crippen LogP contribution in [0, 0.1) is 6.92 Å². The number of hydrogen-bond acceptors (Lipinski definition) is 4. The number of nitrogens with zero attached hydrogens (tertiary/aromatic N) is 1. The standard InChI is InChI=1S/C21H26ClN3O3S/c1-15-5-7-16(8-6-15)20(25-11-3-4-12-25)14-23-21(26)17-9-10-18(22)19(13-17)24-29(2,27)28/h5-10,13,20,24H,3-4,11-12,14H2,1-2H3,(H,23,26). The van der Waals surface area contributed by atoms with Crippen molar-refractivity contribution in [3.05, 3.63) is 64.2 Å². The van der Waals surface area contributed by atoms with Gasteiger partial charge in [0.2, 0.25) is 10.0 Å². The second-order valence-electron chi connectivity index (χ2n) is 7.45. The zero-order valence-electron chi connectivity index (χ0n) is 16.6. The van der Waals surface area contributed by atoms with E-state index in [0.717, 1.165) is 32.2 Å². The van der Waals surface area contributed by atoms with Crippen LogP contribution in [0.4, 0.5) is 5.69 Å². The molecule has 1 fully saturated rings. The molecule has 0 spiro atoms. The number of nitrogens with one attached hydrogen (secondary N) is 2. The summed E-state index contributed by atoms with van der Waals surface area (Å²) in [4.78, 5) is 15.1. The molecular weight excluding hydrogens is 410 g/mol. The fourth-order valence-corrected chi connectivity index (χ4v) is 4.32. The van der Waals surface area contributed by atoms with Crippen molar-refractivity contribution in [3.63, 3.8) is 0 Å². The Balaban J connectivity index is 1.74. The minimum Gasteiger partial charge on any atom is -0.350 e. The molecule has 1 unspecified atom stereocenters. The van der Waals surface area contributed by atoms with Gasteiger partial charge in [0.05, 0.1) is 23.0 Å². The number of amides is 1. The monoisotopic (exact) mass is 435 g/mol. The van der Waals surface area contributed by atoms with E-state index in [1.807, 2.05) is 0 Å². The van der Waals surface area contributed by atoms with Crippen LogP contribution in [-0.4, -0.2) is 45.1 Å². The van der Waals surface area contributed by atoms with E-state index < -0.39 is 10.0 Å². The van der Waals surface area contributed by atoms with Gasteiger partial charge < -0.3 is 5.32 Å². The minimum absolute atomic E-state index is 0.1000. The van der Waals surface area contributed by atoms with Crippen molar-refractivity contribution in [1.29, 1.82) is 0 Å². The van der Waals surface area contributed by atoms with E-state index in [1.54, 1.807) is 6.07 Å². The molecule has 29 heavy (non-hydrogen) atoms. The number of carbonyl (C=O) groups excluding carboxylic acids is 1. The third-order valence-electron chi connectivity index (χ3n) is 5.02. The number of rotatable bonds is 7. The number of likely N-dealkylation sites (tertiary alicyclic amines) is 1. The summed E-state index contributed by atoms with van der Waals surface area (Å²) in [5.41, 5.74) is 2.92. The highest BCUT2D eigenvalue weighted by molar-refractivity contribution is 7.92. The Morgan fingerprint density at radius 3 is 2.41 bits per heavy atom. The van der Waals surface area contributed by atoms with Gasteiger partial charge in [-0.2, -0.15) is 0 Å². The Bertz CT molecular complexity index is 971. The Morgan fingerprint density at radius 2 is 1.79 bits per heavy atom. The maximum Gasteiger partial charge on any atom is 0.251 e. The maximum absolute atomic E-state index is 12.7. The van der Waals surface area contributed by atoms with Crippen LogP contribution in [0.15, 0.2) is 42.5 Å². The van der Waals surface area contributed by atoms with Gasteiger partial charge in [0, 0.05) is 12.1 Å². The van der Waals surface area contributed by atoms with Crippen LogP contribution < -0.4 is 10.0 Å². The number of benzene rings is 2. The summed E-state index contributed by atoms with van der Waals surface area (Å²) in [6, 6.07) is 13.1. The normalized spacial score (nSPS) is 15.8. The molecule has 0 aromatic heterocycles. The first kappa shape index (κ1) is 21.6. The molecule has 6 nitrogen and oxygen atoms in total. The van der Waals surface area contributed by atoms with Gasteiger partial charge in [-0.3, -0.25) is 14.4 Å². The van der Waals surface area contributed by atoms with Crippen molar-refractivity contribution in [2.24, 2.45) is 0 Å². The Hall–Kier alpha value is -2.09. The summed E-state index contributed by atoms with van der Waals surface area (Å²) in [7, 11) is -3.49. The van der Waals surface area contributed by atoms with E-state index in [9.17, 15) is 13.2 Å². The lowest BCUT2D eigenvalue weighted by atomic mass is 10.0. The molecule has 2 aromatic carbocycles. The number of hydrogen-bond donors (Lipinski definition) is 2. The molecule has 3 rings (SSSR count). The maximum atomic E-state index is 12.7. The van der Waals surface area contributed by atoms with Gasteiger partial charge in [0.1, 0.15) is 0 Å². The van der Waals surface area contributed by atoms with Crippen LogP contribution in [0.25, 0.3) is 0 Å². The third kappa shape index (κ3) is 5.95. The average molecular weight is 436 g/mol. The number of aryl methyl sites for hydroxylation is 1. The van der Waals surface area contributed by atoms with Crippen LogP contribution >= 0.6 is 11.6 Å². The molecule has 8 heteroatoms. The molecule has 0 radical (unpaired) electrons. The number of anilines is 1. The van der Waals surface area contributed by atoms with E-state index in [0.29, 0.717) is 12.1 Å². The fourth-order valence-electron chi connectivity index (χ4n) is 3.54. The van der Waals surface area contributed by atoms with E-state index >= 15 is 0 Å². The lowest BCUT2D eigenvalue weighted by molar-refractivity contribution is 0.0938. The van der Waals surface area contributed by atoms with Crippen molar-refractivity contribution in [2.75, 3.05) is 30.6 Å². The number of halogens is 1. The second-order valence-corrected chi connectivity index (χ2v) is 9.60. The average Bonchev–Trinajstić information content (AvgIpc) is 3.18. The van der Waals surface area contributed by atoms with Crippen molar-refractivity contribution >= 4 is 33.2 Å². The Kier molecular flexibility index (Phi) is 6.82. The van der Waals surface area contributed by atoms with Crippen molar-refractivity contribution < 1.29 is 13.2 Å². The molecule has 0 saturated carbocycles. The topological polar surface area (TPSA) is 78.5 Å². The minimum atomic E-state index is -3.49. The second kappa shape index (κ2) is 9.15. The van der Waals surface area contributed by atoms with Crippen LogP contribution in [0.3, 0.4) is 0 Å². The smallest absolute Gasteiger partial charge is 0.251 e. The van der Waals surface area contributed by atoms with Gasteiger partial charge in [-0.05, 0) is 56.6 Å². The Labute approximate surface area is 177 Å². The largest absolute Gasteiger partial charge is 0.350 e. The first-order valence-corrected chi connectivity index (χ1v) is 11.9. The van der Waals surface area contributed by atoms with E-state index in [2.05, 4.69) is 46.1 Å². The molecule has 1 atom stereocenters. The van der Waals surface area contributed by atoms with Crippen LogP contribution in [0.1, 0.15) is 40.4 Å². The summed E-state index contributed by atoms with van der Waals surface area (Å²) in [5.74, 6) is -0.269. The lowest BCUT2D eigenvalue weighted by Crippen LogP contribution is -2.36.